The summed E-state index contributed by atoms with van der Waals surface area (Å²) in [7, 11) is 0. The van der Waals surface area contributed by atoms with E-state index in [4.69, 9.17) is 21.1 Å². The van der Waals surface area contributed by atoms with Gasteiger partial charge in [0.1, 0.15) is 17.3 Å². The Morgan fingerprint density at radius 3 is 2.62 bits per heavy atom. The molecule has 0 amide bonds. The summed E-state index contributed by atoms with van der Waals surface area (Å²) in [6.07, 6.45) is 1.43. The van der Waals surface area contributed by atoms with Gasteiger partial charge in [-0.25, -0.2) is 9.18 Å². The van der Waals surface area contributed by atoms with Crippen molar-refractivity contribution in [2.24, 2.45) is 0 Å². The highest BCUT2D eigenvalue weighted by molar-refractivity contribution is 6.33. The van der Waals surface area contributed by atoms with Crippen LogP contribution < -0.4 is 0 Å². The van der Waals surface area contributed by atoms with Gasteiger partial charge in [0.25, 0.3) is 0 Å². The van der Waals surface area contributed by atoms with Crippen molar-refractivity contribution in [2.45, 2.75) is 0 Å². The first-order chi connectivity index (χ1) is 12.5. The first-order valence-electron chi connectivity index (χ1n) is 7.49. The van der Waals surface area contributed by atoms with Crippen molar-refractivity contribution in [3.05, 3.63) is 82.3 Å². The van der Waals surface area contributed by atoms with E-state index in [9.17, 15) is 14.4 Å². The summed E-state index contributed by atoms with van der Waals surface area (Å²) >= 11 is 5.86. The summed E-state index contributed by atoms with van der Waals surface area (Å²) in [4.78, 5) is 11.2. The van der Waals surface area contributed by atoms with Gasteiger partial charge >= 0.3 is 5.97 Å². The molecule has 26 heavy (non-hydrogen) atoms. The first kappa shape index (κ1) is 17.5. The van der Waals surface area contributed by atoms with E-state index in [1.807, 2.05) is 6.07 Å². The summed E-state index contributed by atoms with van der Waals surface area (Å²) in [5, 5.41) is 18.6. The van der Waals surface area contributed by atoms with Crippen LogP contribution in [0.25, 0.3) is 23.0 Å². The molecule has 3 rings (SSSR count). The van der Waals surface area contributed by atoms with Crippen molar-refractivity contribution in [1.29, 1.82) is 5.26 Å². The number of hydrogen-bond acceptors (Lipinski definition) is 3. The molecule has 0 aliphatic carbocycles. The molecule has 0 radical (unpaired) electrons. The number of benzene rings is 2. The van der Waals surface area contributed by atoms with Crippen LogP contribution in [0.15, 0.2) is 59.0 Å². The molecule has 3 aromatic rings. The number of nitrogens with zero attached hydrogens (tertiary/aromatic N) is 1. The topological polar surface area (TPSA) is 74.2 Å². The number of carbonyl (C=O) groups is 1. The number of carboxylic acids is 1. The molecule has 1 aromatic heterocycles. The van der Waals surface area contributed by atoms with Crippen molar-refractivity contribution < 1.29 is 18.7 Å². The zero-order valence-electron chi connectivity index (χ0n) is 13.2. The maximum atomic E-state index is 13.9. The highest BCUT2D eigenvalue weighted by Gasteiger charge is 2.13. The van der Waals surface area contributed by atoms with Crippen LogP contribution in [0.5, 0.6) is 0 Å². The van der Waals surface area contributed by atoms with Crippen molar-refractivity contribution in [3.8, 4) is 17.4 Å². The second kappa shape index (κ2) is 7.26. The van der Waals surface area contributed by atoms with Crippen molar-refractivity contribution in [2.75, 3.05) is 0 Å². The van der Waals surface area contributed by atoms with Gasteiger partial charge in [-0.2, -0.15) is 5.26 Å². The minimum absolute atomic E-state index is 0.0401. The highest BCUT2D eigenvalue weighted by atomic mass is 35.5. The number of halogens is 2. The zero-order valence-corrected chi connectivity index (χ0v) is 14.0. The number of aromatic carboxylic acids is 1. The van der Waals surface area contributed by atoms with Gasteiger partial charge in [0.05, 0.1) is 22.2 Å². The average molecular weight is 368 g/mol. The minimum Gasteiger partial charge on any atom is -0.478 e. The van der Waals surface area contributed by atoms with Crippen molar-refractivity contribution in [1.82, 2.24) is 0 Å². The molecule has 0 spiro atoms. The molecule has 0 bridgehead atoms. The van der Waals surface area contributed by atoms with Crippen LogP contribution in [0.4, 0.5) is 4.39 Å². The third-order valence-electron chi connectivity index (χ3n) is 3.68. The molecule has 0 saturated carbocycles. The fourth-order valence-electron chi connectivity index (χ4n) is 2.42. The lowest BCUT2D eigenvalue weighted by molar-refractivity contribution is 0.0697. The number of carboxylic acid groups (broad SMARTS) is 1. The molecule has 1 heterocycles. The lowest BCUT2D eigenvalue weighted by atomic mass is 10.1. The van der Waals surface area contributed by atoms with Crippen LogP contribution in [0.2, 0.25) is 5.02 Å². The van der Waals surface area contributed by atoms with Gasteiger partial charge in [-0.05, 0) is 42.5 Å². The van der Waals surface area contributed by atoms with Gasteiger partial charge in [-0.3, -0.25) is 0 Å². The van der Waals surface area contributed by atoms with Crippen molar-refractivity contribution >= 4 is 29.2 Å². The van der Waals surface area contributed by atoms with Crippen LogP contribution in [0.3, 0.4) is 0 Å². The number of hydrogen-bond donors (Lipinski definition) is 1. The van der Waals surface area contributed by atoms with Gasteiger partial charge in [0.15, 0.2) is 0 Å². The fraction of sp³-hybridized carbons (Fsp3) is 0. The predicted molar refractivity (Wildman–Crippen MR) is 96.0 cm³/mol. The van der Waals surface area contributed by atoms with Gasteiger partial charge in [-0.15, -0.1) is 0 Å². The van der Waals surface area contributed by atoms with Gasteiger partial charge in [-0.1, -0.05) is 29.8 Å². The molecule has 4 nitrogen and oxygen atoms in total. The number of rotatable bonds is 4. The Balaban J connectivity index is 1.98. The van der Waals surface area contributed by atoms with E-state index in [1.54, 1.807) is 30.3 Å². The van der Waals surface area contributed by atoms with Crippen LogP contribution in [0.1, 0.15) is 21.7 Å². The molecule has 6 heteroatoms. The molecule has 0 fully saturated rings. The van der Waals surface area contributed by atoms with E-state index in [2.05, 4.69) is 0 Å². The first-order valence-corrected chi connectivity index (χ1v) is 7.87. The Bertz CT molecular complexity index is 1060. The van der Waals surface area contributed by atoms with E-state index < -0.39 is 11.8 Å². The maximum absolute atomic E-state index is 13.9. The normalized spacial score (nSPS) is 11.2. The Hall–Kier alpha value is -3.36. The summed E-state index contributed by atoms with van der Waals surface area (Å²) in [6, 6.07) is 15.7. The summed E-state index contributed by atoms with van der Waals surface area (Å²) in [5.41, 5.74) is 0.775. The van der Waals surface area contributed by atoms with Gasteiger partial charge < -0.3 is 9.52 Å². The molecule has 1 N–H and O–H groups in total. The summed E-state index contributed by atoms with van der Waals surface area (Å²) in [5.74, 6) is -0.904. The third kappa shape index (κ3) is 3.51. The quantitative estimate of drug-likeness (QED) is 0.618. The minimum atomic E-state index is -1.14. The molecule has 0 saturated heterocycles. The molecule has 0 aliphatic rings. The fourth-order valence-corrected chi connectivity index (χ4v) is 2.62. The second-order valence-corrected chi connectivity index (χ2v) is 5.76. The van der Waals surface area contributed by atoms with E-state index in [-0.39, 0.29) is 21.7 Å². The SMILES string of the molecule is N#CC(=Cc1ccc(-c2ccc(Cl)c(C(=O)O)c2)o1)c1ccccc1F. The molecule has 0 unspecified atom stereocenters. The highest BCUT2D eigenvalue weighted by Crippen LogP contribution is 2.28. The molecule has 0 aliphatic heterocycles. The Morgan fingerprint density at radius 1 is 1.15 bits per heavy atom. The molecule has 0 atom stereocenters. The standard InChI is InChI=1S/C20H11ClFNO3/c21-17-7-5-12(10-16(17)20(24)25)19-8-6-14(26-19)9-13(11-23)15-3-1-2-4-18(15)22/h1-10H,(H,24,25). The van der Waals surface area contributed by atoms with Crippen LogP contribution in [-0.2, 0) is 0 Å². The largest absolute Gasteiger partial charge is 0.478 e. The lowest BCUT2D eigenvalue weighted by Gasteiger charge is -2.02. The maximum Gasteiger partial charge on any atom is 0.337 e. The average Bonchev–Trinajstić information content (AvgIpc) is 3.09. The Morgan fingerprint density at radius 2 is 1.92 bits per heavy atom. The third-order valence-corrected chi connectivity index (χ3v) is 4.01. The Labute approximate surface area is 153 Å². The van der Waals surface area contributed by atoms with Gasteiger partial charge in [0.2, 0.25) is 0 Å². The van der Waals surface area contributed by atoms with E-state index in [1.165, 1.54) is 30.3 Å². The number of allylic oxidation sites excluding steroid dienone is 1. The van der Waals surface area contributed by atoms with Crippen LogP contribution >= 0.6 is 11.6 Å². The van der Waals surface area contributed by atoms with Crippen molar-refractivity contribution in [3.63, 3.8) is 0 Å². The van der Waals surface area contributed by atoms with Crippen LogP contribution in [-0.4, -0.2) is 11.1 Å². The molecular formula is C20H11ClFNO3. The monoisotopic (exact) mass is 367 g/mol. The lowest BCUT2D eigenvalue weighted by Crippen LogP contribution is -1.97. The van der Waals surface area contributed by atoms with E-state index in [0.29, 0.717) is 17.1 Å². The van der Waals surface area contributed by atoms with E-state index in [0.717, 1.165) is 0 Å². The summed E-state index contributed by atoms with van der Waals surface area (Å²) in [6.45, 7) is 0. The second-order valence-electron chi connectivity index (χ2n) is 5.35. The molecular weight excluding hydrogens is 357 g/mol. The van der Waals surface area contributed by atoms with E-state index >= 15 is 0 Å². The Kier molecular flexibility index (Phi) is 4.87. The van der Waals surface area contributed by atoms with Crippen LogP contribution in [0, 0.1) is 17.1 Å². The summed E-state index contributed by atoms with van der Waals surface area (Å²) < 4.78 is 19.5. The van der Waals surface area contributed by atoms with Gasteiger partial charge in [0, 0.05) is 11.1 Å². The number of nitriles is 1. The molecule has 2 aromatic carbocycles. The molecule has 128 valence electrons. The number of furan rings is 1. The smallest absolute Gasteiger partial charge is 0.337 e. The zero-order chi connectivity index (χ0) is 18.7. The predicted octanol–water partition coefficient (Wildman–Crippen LogP) is 5.50.